The van der Waals surface area contributed by atoms with Gasteiger partial charge in [-0.25, -0.2) is 4.98 Å². The zero-order valence-electron chi connectivity index (χ0n) is 30.2. The topological polar surface area (TPSA) is 22.8 Å². The number of para-hydroxylation sites is 2. The average molecular weight is 780 g/mol. The molecule has 3 nitrogen and oxygen atoms in total. The first-order valence-electron chi connectivity index (χ1n) is 18.7. The molecule has 0 unspecified atom stereocenters. The van der Waals surface area contributed by atoms with Gasteiger partial charge in [0.05, 0.1) is 48.9 Å². The first-order valence-corrected chi connectivity index (χ1v) is 20.3. The van der Waals surface area contributed by atoms with Crippen molar-refractivity contribution in [2.75, 3.05) is 0 Å². The van der Waals surface area contributed by atoms with Gasteiger partial charge in [0.2, 0.25) is 0 Å². The molecule has 0 aliphatic heterocycles. The number of halogens is 3. The Hall–Kier alpha value is -6.48. The molecule has 12 rings (SSSR count). The van der Waals surface area contributed by atoms with E-state index in [-0.39, 0.29) is 0 Å². The summed E-state index contributed by atoms with van der Waals surface area (Å²) in [6.07, 6.45) is -2.66. The largest absolute Gasteiger partial charge is 0.416 e. The van der Waals surface area contributed by atoms with Crippen molar-refractivity contribution in [1.82, 2.24) is 14.1 Å². The van der Waals surface area contributed by atoms with Gasteiger partial charge in [0.15, 0.2) is 0 Å². The lowest BCUT2D eigenvalue weighted by atomic mass is 9.99. The summed E-state index contributed by atoms with van der Waals surface area (Å²) in [5.41, 5.74) is 5.67. The van der Waals surface area contributed by atoms with E-state index in [1.54, 1.807) is 29.6 Å². The van der Waals surface area contributed by atoms with Gasteiger partial charge in [-0.2, -0.15) is 13.2 Å². The Labute approximate surface area is 331 Å². The Kier molecular flexibility index (Phi) is 6.76. The summed E-state index contributed by atoms with van der Waals surface area (Å²) in [4.78, 5) is 5.28. The van der Waals surface area contributed by atoms with Crippen LogP contribution in [0.1, 0.15) is 11.1 Å². The minimum Gasteiger partial charge on any atom is -0.306 e. The molecule has 8 heteroatoms. The highest BCUT2D eigenvalue weighted by Gasteiger charge is 2.32. The third-order valence-corrected chi connectivity index (χ3v) is 13.8. The summed E-state index contributed by atoms with van der Waals surface area (Å²) in [6.45, 7) is 1.73. The number of nitrogens with zero attached hydrogens (tertiary/aromatic N) is 3. The normalized spacial score (nSPS) is 12.6. The van der Waals surface area contributed by atoms with Crippen molar-refractivity contribution in [2.45, 2.75) is 13.1 Å². The molecule has 5 aromatic heterocycles. The molecule has 0 N–H and O–H groups in total. The van der Waals surface area contributed by atoms with Gasteiger partial charge in [0.1, 0.15) is 5.82 Å². The van der Waals surface area contributed by atoms with Crippen LogP contribution in [0.25, 0.3) is 107 Å². The molecular weight excluding hydrogens is 752 g/mol. The zero-order chi connectivity index (χ0) is 38.2. The number of hydrogen-bond donors (Lipinski definition) is 0. The van der Waals surface area contributed by atoms with E-state index in [2.05, 4.69) is 106 Å². The van der Waals surface area contributed by atoms with E-state index in [1.165, 1.54) is 32.3 Å². The van der Waals surface area contributed by atoms with Crippen molar-refractivity contribution in [1.29, 1.82) is 0 Å². The molecular formula is C49H28F3N3S2. The van der Waals surface area contributed by atoms with Gasteiger partial charge >= 0.3 is 6.18 Å². The molecule has 0 amide bonds. The Morgan fingerprint density at radius 3 is 1.61 bits per heavy atom. The molecule has 0 aliphatic rings. The van der Waals surface area contributed by atoms with Crippen LogP contribution < -0.4 is 0 Å². The van der Waals surface area contributed by atoms with Crippen LogP contribution in [-0.4, -0.2) is 14.1 Å². The number of alkyl halides is 3. The molecule has 12 aromatic rings. The molecule has 5 heterocycles. The third-order valence-electron chi connectivity index (χ3n) is 11.4. The Morgan fingerprint density at radius 1 is 0.509 bits per heavy atom. The highest BCUT2D eigenvalue weighted by Crippen LogP contribution is 2.47. The second-order valence-electron chi connectivity index (χ2n) is 14.7. The second kappa shape index (κ2) is 11.8. The average Bonchev–Trinajstić information content (AvgIpc) is 3.98. The van der Waals surface area contributed by atoms with Crippen molar-refractivity contribution in [3.05, 3.63) is 163 Å². The van der Waals surface area contributed by atoms with Gasteiger partial charge in [0.25, 0.3) is 0 Å². The fourth-order valence-electron chi connectivity index (χ4n) is 9.02. The minimum absolute atomic E-state index is 0.475. The van der Waals surface area contributed by atoms with Crippen LogP contribution in [0.3, 0.4) is 0 Å². The van der Waals surface area contributed by atoms with Crippen molar-refractivity contribution in [3.63, 3.8) is 0 Å². The molecule has 0 saturated heterocycles. The molecule has 0 saturated carbocycles. The van der Waals surface area contributed by atoms with Crippen LogP contribution in [0.4, 0.5) is 13.2 Å². The Morgan fingerprint density at radius 2 is 1.02 bits per heavy atom. The molecule has 272 valence electrons. The molecule has 0 atom stereocenters. The van der Waals surface area contributed by atoms with Crippen LogP contribution in [0.5, 0.6) is 0 Å². The lowest BCUT2D eigenvalue weighted by Gasteiger charge is -2.18. The first-order chi connectivity index (χ1) is 27.8. The highest BCUT2D eigenvalue weighted by molar-refractivity contribution is 7.27. The number of rotatable bonds is 3. The maximum absolute atomic E-state index is 14.6. The van der Waals surface area contributed by atoms with Gasteiger partial charge in [-0.1, -0.05) is 103 Å². The lowest BCUT2D eigenvalue weighted by Crippen LogP contribution is -2.07. The van der Waals surface area contributed by atoms with Gasteiger partial charge in [-0.05, 0) is 60.5 Å². The number of aryl methyl sites for hydroxylation is 1. The molecule has 0 radical (unpaired) electrons. The van der Waals surface area contributed by atoms with Gasteiger partial charge < -0.3 is 4.57 Å². The summed E-state index contributed by atoms with van der Waals surface area (Å²) in [7, 11) is 0. The zero-order valence-corrected chi connectivity index (χ0v) is 31.9. The van der Waals surface area contributed by atoms with Gasteiger partial charge in [-0.15, -0.1) is 22.7 Å². The van der Waals surface area contributed by atoms with Crippen LogP contribution in [0.15, 0.2) is 152 Å². The number of fused-ring (bicyclic) bond motifs is 14. The van der Waals surface area contributed by atoms with E-state index in [0.717, 1.165) is 63.8 Å². The predicted molar refractivity (Wildman–Crippen MR) is 234 cm³/mol. The second-order valence-corrected chi connectivity index (χ2v) is 16.8. The fraction of sp³-hybridized carbons (Fsp3) is 0.0408. The smallest absolute Gasteiger partial charge is 0.306 e. The monoisotopic (exact) mass is 779 g/mol. The minimum atomic E-state index is -4.52. The van der Waals surface area contributed by atoms with Crippen LogP contribution in [0.2, 0.25) is 0 Å². The number of benzene rings is 7. The van der Waals surface area contributed by atoms with Gasteiger partial charge in [0, 0.05) is 58.1 Å². The summed E-state index contributed by atoms with van der Waals surface area (Å²) in [5, 5.41) is 9.01. The SMILES string of the molecule is Cc1cc(-c2cc(-n3c4ccccc4c4ccc5c6ccccc6sc5c43)ncc2-n2c3ccccc3c3ccc4c5ccccc5sc4c32)cc(C(F)(F)F)c1. The summed E-state index contributed by atoms with van der Waals surface area (Å²) >= 11 is 3.49. The number of hydrogen-bond acceptors (Lipinski definition) is 3. The number of aromatic nitrogens is 3. The van der Waals surface area contributed by atoms with E-state index in [4.69, 9.17) is 4.98 Å². The van der Waals surface area contributed by atoms with Gasteiger partial charge in [-0.3, -0.25) is 4.57 Å². The maximum Gasteiger partial charge on any atom is 0.416 e. The highest BCUT2D eigenvalue weighted by atomic mass is 32.1. The number of thiophene rings is 2. The number of pyridine rings is 1. The van der Waals surface area contributed by atoms with Crippen molar-refractivity contribution in [3.8, 4) is 22.6 Å². The van der Waals surface area contributed by atoms with E-state index in [0.29, 0.717) is 28.2 Å². The molecule has 57 heavy (non-hydrogen) atoms. The molecule has 0 fully saturated rings. The van der Waals surface area contributed by atoms with E-state index < -0.39 is 11.7 Å². The molecule has 7 aromatic carbocycles. The maximum atomic E-state index is 14.6. The summed E-state index contributed by atoms with van der Waals surface area (Å²) in [6, 6.07) is 48.6. The van der Waals surface area contributed by atoms with Crippen molar-refractivity contribution < 1.29 is 13.2 Å². The van der Waals surface area contributed by atoms with Crippen molar-refractivity contribution >= 4 is 107 Å². The summed E-state index contributed by atoms with van der Waals surface area (Å²) < 4.78 is 52.9. The first kappa shape index (κ1) is 32.7. The van der Waals surface area contributed by atoms with E-state index in [1.807, 2.05) is 42.6 Å². The van der Waals surface area contributed by atoms with Crippen LogP contribution in [-0.2, 0) is 6.18 Å². The third kappa shape index (κ3) is 4.68. The standard InChI is InChI=1S/C49H28F3N3S2/c1-27-22-28(24-29(23-27)49(50,51)52)38-25-44(55-40-15-7-3-11-31(40)35-19-21-37-33-13-5-9-17-43(33)57-48(37)46(35)55)53-26-41(38)54-39-14-6-2-10-30(39)34-18-20-36-32-12-4-8-16-42(32)56-47(36)45(34)54/h2-26H,1H3. The van der Waals surface area contributed by atoms with Crippen LogP contribution in [0, 0.1) is 6.92 Å². The van der Waals surface area contributed by atoms with E-state index >= 15 is 0 Å². The molecule has 0 spiro atoms. The molecule has 0 aliphatic carbocycles. The Bertz CT molecular complexity index is 3660. The van der Waals surface area contributed by atoms with Crippen molar-refractivity contribution in [2.24, 2.45) is 0 Å². The lowest BCUT2D eigenvalue weighted by molar-refractivity contribution is -0.137. The quantitative estimate of drug-likeness (QED) is 0.175. The fourth-order valence-corrected chi connectivity index (χ4v) is 11.5. The van der Waals surface area contributed by atoms with E-state index in [9.17, 15) is 13.2 Å². The molecule has 0 bridgehead atoms. The predicted octanol–water partition coefficient (Wildman–Crippen LogP) is 15.0. The Balaban J connectivity index is 1.23. The summed E-state index contributed by atoms with van der Waals surface area (Å²) in [5.74, 6) is 0.632. The van der Waals surface area contributed by atoms with Crippen LogP contribution >= 0.6 is 22.7 Å².